The second-order valence-electron chi connectivity index (χ2n) is 4.01. The van der Waals surface area contributed by atoms with Gasteiger partial charge in [0.15, 0.2) is 0 Å². The van der Waals surface area contributed by atoms with Gasteiger partial charge in [0.2, 0.25) is 0 Å². The zero-order valence-electron chi connectivity index (χ0n) is 9.33. The lowest BCUT2D eigenvalue weighted by molar-refractivity contribution is 0.0536. The molecule has 1 atom stereocenters. The van der Waals surface area contributed by atoms with Gasteiger partial charge >= 0.3 is 0 Å². The van der Waals surface area contributed by atoms with E-state index in [9.17, 15) is 0 Å². The zero-order chi connectivity index (χ0) is 12.3. The summed E-state index contributed by atoms with van der Waals surface area (Å²) in [4.78, 5) is 0. The lowest BCUT2D eigenvalue weighted by Crippen LogP contribution is -2.21. The number of aryl methyl sites for hydroxylation is 1. The molecule has 2 rings (SSSR count). The molecule has 1 unspecified atom stereocenters. The van der Waals surface area contributed by atoms with Gasteiger partial charge in [-0.3, -0.25) is 0 Å². The Morgan fingerprint density at radius 2 is 2.18 bits per heavy atom. The fourth-order valence-electron chi connectivity index (χ4n) is 1.88. The Balaban J connectivity index is 2.08. The van der Waals surface area contributed by atoms with Gasteiger partial charge in [-0.1, -0.05) is 5.16 Å². The number of ether oxygens (including phenoxy) is 1. The highest BCUT2D eigenvalue weighted by Gasteiger charge is 2.18. The van der Waals surface area contributed by atoms with Crippen molar-refractivity contribution in [2.24, 2.45) is 5.16 Å². The molecule has 1 aliphatic carbocycles. The van der Waals surface area contributed by atoms with Crippen LogP contribution in [-0.2, 0) is 6.42 Å². The number of rotatable bonds is 4. The van der Waals surface area contributed by atoms with Crippen molar-refractivity contribution in [3.8, 4) is 5.75 Å². The maximum atomic E-state index is 9.17. The molecule has 0 radical (unpaired) electrons. The molecule has 0 bridgehead atoms. The van der Waals surface area contributed by atoms with Gasteiger partial charge < -0.3 is 20.2 Å². The SMILES string of the molecule is OCC(O)COc1ccc2c(c1)CC/C2=N\O. The minimum atomic E-state index is -0.863. The summed E-state index contributed by atoms with van der Waals surface area (Å²) in [5, 5.41) is 29.9. The molecule has 0 aliphatic heterocycles. The lowest BCUT2D eigenvalue weighted by atomic mass is 10.1. The van der Waals surface area contributed by atoms with Gasteiger partial charge in [0.1, 0.15) is 18.5 Å². The topological polar surface area (TPSA) is 82.3 Å². The summed E-state index contributed by atoms with van der Waals surface area (Å²) in [5.74, 6) is 0.649. The normalized spacial score (nSPS) is 18.1. The second kappa shape index (κ2) is 5.16. The van der Waals surface area contributed by atoms with E-state index in [2.05, 4.69) is 5.16 Å². The third kappa shape index (κ3) is 2.57. The van der Waals surface area contributed by atoms with E-state index < -0.39 is 6.10 Å². The molecule has 17 heavy (non-hydrogen) atoms. The van der Waals surface area contributed by atoms with Crippen LogP contribution < -0.4 is 4.74 Å². The Kier molecular flexibility index (Phi) is 3.61. The Labute approximate surface area is 99.0 Å². The van der Waals surface area contributed by atoms with Crippen molar-refractivity contribution in [2.45, 2.75) is 18.9 Å². The van der Waals surface area contributed by atoms with E-state index in [4.69, 9.17) is 20.2 Å². The molecule has 0 saturated heterocycles. The van der Waals surface area contributed by atoms with E-state index >= 15 is 0 Å². The molecule has 0 amide bonds. The second-order valence-corrected chi connectivity index (χ2v) is 4.01. The molecule has 1 aromatic rings. The maximum Gasteiger partial charge on any atom is 0.119 e. The molecule has 5 heteroatoms. The molecule has 0 spiro atoms. The molecule has 0 fully saturated rings. The first kappa shape index (κ1) is 11.9. The smallest absolute Gasteiger partial charge is 0.119 e. The van der Waals surface area contributed by atoms with E-state index in [1.807, 2.05) is 12.1 Å². The first-order valence-corrected chi connectivity index (χ1v) is 5.50. The molecule has 0 aromatic heterocycles. The van der Waals surface area contributed by atoms with Crippen molar-refractivity contribution < 1.29 is 20.2 Å². The minimum Gasteiger partial charge on any atom is -0.491 e. The summed E-state index contributed by atoms with van der Waals surface area (Å²) in [6.45, 7) is -0.248. The van der Waals surface area contributed by atoms with Crippen LogP contribution in [0.4, 0.5) is 0 Å². The monoisotopic (exact) mass is 237 g/mol. The first-order valence-electron chi connectivity index (χ1n) is 5.50. The molecular formula is C12H15NO4. The van der Waals surface area contributed by atoms with Crippen LogP contribution >= 0.6 is 0 Å². The average molecular weight is 237 g/mol. The molecule has 0 saturated carbocycles. The molecule has 92 valence electrons. The largest absolute Gasteiger partial charge is 0.491 e. The molecular weight excluding hydrogens is 222 g/mol. The third-order valence-corrected chi connectivity index (χ3v) is 2.79. The number of hydrogen-bond acceptors (Lipinski definition) is 5. The zero-order valence-corrected chi connectivity index (χ0v) is 9.33. The predicted octanol–water partition coefficient (Wildman–Crippen LogP) is 0.543. The number of oxime groups is 1. The quantitative estimate of drug-likeness (QED) is 0.527. The van der Waals surface area contributed by atoms with Crippen LogP contribution in [0.2, 0.25) is 0 Å². The van der Waals surface area contributed by atoms with Crippen molar-refractivity contribution in [2.75, 3.05) is 13.2 Å². The number of hydrogen-bond donors (Lipinski definition) is 3. The number of aliphatic hydroxyl groups excluding tert-OH is 2. The molecule has 0 heterocycles. The van der Waals surface area contributed by atoms with Crippen molar-refractivity contribution in [3.63, 3.8) is 0 Å². The van der Waals surface area contributed by atoms with Gasteiger partial charge in [-0.15, -0.1) is 0 Å². The Morgan fingerprint density at radius 1 is 1.35 bits per heavy atom. The van der Waals surface area contributed by atoms with Crippen LogP contribution in [0.3, 0.4) is 0 Å². The predicted molar refractivity (Wildman–Crippen MR) is 61.7 cm³/mol. The standard InChI is InChI=1S/C12H15NO4/c14-6-9(15)7-17-10-2-3-11-8(5-10)1-4-12(11)13-16/h2-3,5,9,14-16H,1,4,6-7H2/b13-12+. The van der Waals surface area contributed by atoms with Crippen molar-refractivity contribution in [1.82, 2.24) is 0 Å². The Bertz CT molecular complexity index is 431. The summed E-state index contributed by atoms with van der Waals surface area (Å²) < 4.78 is 5.34. The van der Waals surface area contributed by atoms with Crippen LogP contribution in [0, 0.1) is 0 Å². The highest BCUT2D eigenvalue weighted by molar-refractivity contribution is 6.04. The summed E-state index contributed by atoms with van der Waals surface area (Å²) in [6, 6.07) is 5.48. The van der Waals surface area contributed by atoms with Crippen molar-refractivity contribution >= 4 is 5.71 Å². The highest BCUT2D eigenvalue weighted by atomic mass is 16.5. The van der Waals surface area contributed by atoms with Gasteiger partial charge in [0, 0.05) is 5.56 Å². The summed E-state index contributed by atoms with van der Waals surface area (Å²) in [5.41, 5.74) is 2.72. The minimum absolute atomic E-state index is 0.0657. The van der Waals surface area contributed by atoms with Gasteiger partial charge in [-0.25, -0.2) is 0 Å². The van der Waals surface area contributed by atoms with Gasteiger partial charge in [0.05, 0.1) is 12.3 Å². The van der Waals surface area contributed by atoms with Gasteiger partial charge in [0.25, 0.3) is 0 Å². The Morgan fingerprint density at radius 3 is 2.88 bits per heavy atom. The molecule has 1 aromatic carbocycles. The van der Waals surface area contributed by atoms with Crippen LogP contribution in [-0.4, -0.2) is 40.4 Å². The van der Waals surface area contributed by atoms with E-state index in [1.165, 1.54) is 0 Å². The van der Waals surface area contributed by atoms with Crippen LogP contribution in [0.15, 0.2) is 23.4 Å². The summed E-state index contributed by atoms with van der Waals surface area (Å²) in [6.07, 6.45) is 0.695. The van der Waals surface area contributed by atoms with Crippen LogP contribution in [0.25, 0.3) is 0 Å². The van der Waals surface area contributed by atoms with Crippen LogP contribution in [0.1, 0.15) is 17.5 Å². The molecule has 5 nitrogen and oxygen atoms in total. The number of fused-ring (bicyclic) bond motifs is 1. The Hall–Kier alpha value is -1.59. The molecule has 1 aliphatic rings. The van der Waals surface area contributed by atoms with Gasteiger partial charge in [-0.2, -0.15) is 0 Å². The van der Waals surface area contributed by atoms with E-state index in [0.29, 0.717) is 11.5 Å². The highest BCUT2D eigenvalue weighted by Crippen LogP contribution is 2.26. The van der Waals surface area contributed by atoms with E-state index in [-0.39, 0.29) is 13.2 Å². The maximum absolute atomic E-state index is 9.17. The number of benzene rings is 1. The summed E-state index contributed by atoms with van der Waals surface area (Å²) in [7, 11) is 0. The molecule has 3 N–H and O–H groups in total. The van der Waals surface area contributed by atoms with E-state index in [1.54, 1.807) is 6.07 Å². The van der Waals surface area contributed by atoms with Crippen molar-refractivity contribution in [3.05, 3.63) is 29.3 Å². The third-order valence-electron chi connectivity index (χ3n) is 2.79. The van der Waals surface area contributed by atoms with Crippen molar-refractivity contribution in [1.29, 1.82) is 0 Å². The van der Waals surface area contributed by atoms with E-state index in [0.717, 1.165) is 24.0 Å². The van der Waals surface area contributed by atoms with Crippen LogP contribution in [0.5, 0.6) is 5.75 Å². The first-order chi connectivity index (χ1) is 8.24. The summed E-state index contributed by atoms with van der Waals surface area (Å²) >= 11 is 0. The number of aliphatic hydroxyl groups is 2. The fraction of sp³-hybridized carbons (Fsp3) is 0.417. The average Bonchev–Trinajstić information content (AvgIpc) is 2.78. The lowest BCUT2D eigenvalue weighted by Gasteiger charge is -2.10. The number of nitrogens with zero attached hydrogens (tertiary/aromatic N) is 1. The van der Waals surface area contributed by atoms with Gasteiger partial charge in [-0.05, 0) is 36.6 Å². The fourth-order valence-corrected chi connectivity index (χ4v) is 1.88.